The van der Waals surface area contributed by atoms with Crippen LogP contribution in [-0.2, 0) is 0 Å². The van der Waals surface area contributed by atoms with Crippen molar-refractivity contribution in [3.63, 3.8) is 0 Å². The van der Waals surface area contributed by atoms with Crippen LogP contribution in [0.5, 0.6) is 23.0 Å². The third-order valence-electron chi connectivity index (χ3n) is 5.42. The maximum atomic E-state index is 10.3. The van der Waals surface area contributed by atoms with Gasteiger partial charge in [0.15, 0.2) is 11.5 Å². The lowest BCUT2D eigenvalue weighted by Crippen LogP contribution is -2.12. The van der Waals surface area contributed by atoms with Crippen molar-refractivity contribution in [2.24, 2.45) is 5.41 Å². The molecule has 0 saturated heterocycles. The minimum Gasteiger partial charge on any atom is -0.504 e. The van der Waals surface area contributed by atoms with Crippen molar-refractivity contribution in [2.75, 3.05) is 20.8 Å². The fourth-order valence-electron chi connectivity index (χ4n) is 3.49. The Hall–Kier alpha value is -3.46. The standard InChI is InChI=1S/C23H22N2O4/c1-27-21-13-16(11-19(26)22(21)28-2)15-10-18-17(4-3-9-25-18)20(12-15)29-14-23(5-6-23)7-8-24/h3-4,9-13,26H,5-7,14H2,1-2H3. The molecule has 1 fully saturated rings. The molecule has 1 heterocycles. The monoisotopic (exact) mass is 390 g/mol. The zero-order valence-corrected chi connectivity index (χ0v) is 16.4. The maximum Gasteiger partial charge on any atom is 0.203 e. The topological polar surface area (TPSA) is 84.6 Å². The van der Waals surface area contributed by atoms with Gasteiger partial charge in [-0.3, -0.25) is 4.98 Å². The molecule has 29 heavy (non-hydrogen) atoms. The Morgan fingerprint density at radius 1 is 1.10 bits per heavy atom. The number of aromatic hydroxyl groups is 1. The Kier molecular flexibility index (Phi) is 4.89. The number of rotatable bonds is 7. The molecule has 4 rings (SSSR count). The van der Waals surface area contributed by atoms with Gasteiger partial charge in [-0.2, -0.15) is 5.26 Å². The summed E-state index contributed by atoms with van der Waals surface area (Å²) in [6, 6.07) is 13.4. The number of hydrogen-bond donors (Lipinski definition) is 1. The fraction of sp³-hybridized carbons (Fsp3) is 0.304. The van der Waals surface area contributed by atoms with Crippen molar-refractivity contribution in [3.8, 4) is 40.2 Å². The molecule has 0 bridgehead atoms. The molecule has 1 saturated carbocycles. The molecule has 6 heteroatoms. The van der Waals surface area contributed by atoms with Gasteiger partial charge in [-0.1, -0.05) is 0 Å². The second kappa shape index (κ2) is 7.51. The van der Waals surface area contributed by atoms with E-state index in [0.717, 1.165) is 34.9 Å². The van der Waals surface area contributed by atoms with Crippen LogP contribution in [0.25, 0.3) is 22.0 Å². The van der Waals surface area contributed by atoms with E-state index in [4.69, 9.17) is 19.5 Å². The van der Waals surface area contributed by atoms with Crippen LogP contribution in [0.2, 0.25) is 0 Å². The first kappa shape index (κ1) is 18.9. The fourth-order valence-corrected chi connectivity index (χ4v) is 3.49. The summed E-state index contributed by atoms with van der Waals surface area (Å²) in [5.74, 6) is 1.44. The number of phenols is 1. The SMILES string of the molecule is COc1cc(-c2cc(OCC3(CC#N)CC3)c3cccnc3c2)cc(O)c1OC. The number of nitriles is 1. The van der Waals surface area contributed by atoms with E-state index in [9.17, 15) is 5.11 Å². The molecule has 1 N–H and O–H groups in total. The van der Waals surface area contributed by atoms with E-state index in [0.29, 0.717) is 30.3 Å². The number of benzene rings is 2. The summed E-state index contributed by atoms with van der Waals surface area (Å²) in [7, 11) is 3.01. The van der Waals surface area contributed by atoms with E-state index >= 15 is 0 Å². The van der Waals surface area contributed by atoms with Gasteiger partial charge < -0.3 is 19.3 Å². The summed E-state index contributed by atoms with van der Waals surface area (Å²) in [6.45, 7) is 0.505. The Morgan fingerprint density at radius 3 is 2.55 bits per heavy atom. The minimum absolute atomic E-state index is 0.00334. The summed E-state index contributed by atoms with van der Waals surface area (Å²) in [5, 5.41) is 20.3. The van der Waals surface area contributed by atoms with Crippen molar-refractivity contribution < 1.29 is 19.3 Å². The van der Waals surface area contributed by atoms with Crippen LogP contribution in [0.3, 0.4) is 0 Å². The predicted molar refractivity (Wildman–Crippen MR) is 109 cm³/mol. The van der Waals surface area contributed by atoms with Crippen LogP contribution in [0.4, 0.5) is 0 Å². The van der Waals surface area contributed by atoms with Gasteiger partial charge in [0.1, 0.15) is 5.75 Å². The number of nitrogens with zero attached hydrogens (tertiary/aromatic N) is 2. The number of pyridine rings is 1. The van der Waals surface area contributed by atoms with Crippen LogP contribution in [-0.4, -0.2) is 30.9 Å². The van der Waals surface area contributed by atoms with Crippen molar-refractivity contribution in [1.29, 1.82) is 5.26 Å². The molecule has 3 aromatic rings. The summed E-state index contributed by atoms with van der Waals surface area (Å²) in [6.07, 6.45) is 4.27. The third-order valence-corrected chi connectivity index (χ3v) is 5.42. The van der Waals surface area contributed by atoms with Crippen LogP contribution >= 0.6 is 0 Å². The number of aromatic nitrogens is 1. The first-order valence-corrected chi connectivity index (χ1v) is 9.43. The van der Waals surface area contributed by atoms with Gasteiger partial charge in [0.25, 0.3) is 0 Å². The average Bonchev–Trinajstić information content (AvgIpc) is 3.51. The van der Waals surface area contributed by atoms with E-state index in [2.05, 4.69) is 11.1 Å². The van der Waals surface area contributed by atoms with Gasteiger partial charge in [0, 0.05) is 23.4 Å². The van der Waals surface area contributed by atoms with Gasteiger partial charge in [-0.25, -0.2) is 0 Å². The van der Waals surface area contributed by atoms with Crippen molar-refractivity contribution in [2.45, 2.75) is 19.3 Å². The highest BCUT2D eigenvalue weighted by Gasteiger charge is 2.43. The zero-order valence-electron chi connectivity index (χ0n) is 16.4. The van der Waals surface area contributed by atoms with Gasteiger partial charge in [-0.05, 0) is 60.4 Å². The molecule has 0 unspecified atom stereocenters. The number of hydrogen-bond acceptors (Lipinski definition) is 6. The molecular formula is C23H22N2O4. The first-order chi connectivity index (χ1) is 14.1. The minimum atomic E-state index is -0.0269. The molecule has 148 valence electrons. The van der Waals surface area contributed by atoms with Gasteiger partial charge in [-0.15, -0.1) is 0 Å². The molecule has 0 spiro atoms. The Bertz CT molecular complexity index is 1100. The van der Waals surface area contributed by atoms with E-state index in [1.165, 1.54) is 14.2 Å². The molecule has 0 amide bonds. The van der Waals surface area contributed by atoms with E-state index in [1.807, 2.05) is 30.3 Å². The Labute approximate surface area is 169 Å². The highest BCUT2D eigenvalue weighted by molar-refractivity contribution is 5.90. The summed E-state index contributed by atoms with van der Waals surface area (Å²) in [5.41, 5.74) is 2.36. The van der Waals surface area contributed by atoms with Gasteiger partial charge in [0.05, 0.1) is 32.4 Å². The largest absolute Gasteiger partial charge is 0.504 e. The number of methoxy groups -OCH3 is 2. The summed E-state index contributed by atoms with van der Waals surface area (Å²) >= 11 is 0. The van der Waals surface area contributed by atoms with Crippen molar-refractivity contribution in [1.82, 2.24) is 4.98 Å². The lowest BCUT2D eigenvalue weighted by molar-refractivity contribution is 0.239. The van der Waals surface area contributed by atoms with Crippen LogP contribution < -0.4 is 14.2 Å². The van der Waals surface area contributed by atoms with E-state index in [-0.39, 0.29) is 11.2 Å². The second-order valence-corrected chi connectivity index (χ2v) is 7.40. The highest BCUT2D eigenvalue weighted by Crippen LogP contribution is 2.49. The van der Waals surface area contributed by atoms with Crippen molar-refractivity contribution in [3.05, 3.63) is 42.6 Å². The number of phenolic OH excluding ortho intramolecular Hbond substituents is 1. The Balaban J connectivity index is 1.76. The normalized spacial score (nSPS) is 14.2. The molecular weight excluding hydrogens is 368 g/mol. The van der Waals surface area contributed by atoms with Crippen LogP contribution in [0.1, 0.15) is 19.3 Å². The van der Waals surface area contributed by atoms with Crippen LogP contribution in [0, 0.1) is 16.7 Å². The van der Waals surface area contributed by atoms with Crippen LogP contribution in [0.15, 0.2) is 42.6 Å². The lowest BCUT2D eigenvalue weighted by atomic mass is 10.0. The molecule has 1 aromatic heterocycles. The summed E-state index contributed by atoms with van der Waals surface area (Å²) < 4.78 is 16.8. The molecule has 1 aliphatic carbocycles. The van der Waals surface area contributed by atoms with Gasteiger partial charge >= 0.3 is 0 Å². The molecule has 6 nitrogen and oxygen atoms in total. The lowest BCUT2D eigenvalue weighted by Gasteiger charge is -2.16. The zero-order chi connectivity index (χ0) is 20.4. The molecule has 0 radical (unpaired) electrons. The Morgan fingerprint density at radius 2 is 1.86 bits per heavy atom. The molecule has 0 atom stereocenters. The predicted octanol–water partition coefficient (Wildman–Crippen LogP) is 4.70. The second-order valence-electron chi connectivity index (χ2n) is 7.40. The number of ether oxygens (including phenoxy) is 3. The van der Waals surface area contributed by atoms with Crippen molar-refractivity contribution >= 4 is 10.9 Å². The number of fused-ring (bicyclic) bond motifs is 1. The molecule has 2 aromatic carbocycles. The molecule has 1 aliphatic rings. The average molecular weight is 390 g/mol. The smallest absolute Gasteiger partial charge is 0.203 e. The quantitative estimate of drug-likeness (QED) is 0.630. The van der Waals surface area contributed by atoms with E-state index in [1.54, 1.807) is 12.3 Å². The molecule has 0 aliphatic heterocycles. The van der Waals surface area contributed by atoms with Gasteiger partial charge in [0.2, 0.25) is 5.75 Å². The first-order valence-electron chi connectivity index (χ1n) is 9.43. The maximum absolute atomic E-state index is 10.3. The van der Waals surface area contributed by atoms with E-state index < -0.39 is 0 Å². The third kappa shape index (κ3) is 3.64. The summed E-state index contributed by atoms with van der Waals surface area (Å²) in [4.78, 5) is 4.47. The highest BCUT2D eigenvalue weighted by atomic mass is 16.5.